The van der Waals surface area contributed by atoms with E-state index in [1.165, 1.54) is 6.07 Å². The third kappa shape index (κ3) is 3.13. The highest BCUT2D eigenvalue weighted by atomic mass is 19.4. The summed E-state index contributed by atoms with van der Waals surface area (Å²) >= 11 is 0. The Morgan fingerprint density at radius 2 is 1.89 bits per heavy atom. The lowest BCUT2D eigenvalue weighted by Gasteiger charge is -2.10. The number of halogens is 3. The number of nitrogen functional groups attached to an aromatic ring is 1. The molecule has 142 valence electrons. The van der Waals surface area contributed by atoms with Crippen LogP contribution in [-0.2, 0) is 17.4 Å². The molecule has 0 saturated carbocycles. The molecular formula is C20H15F3N4O. The van der Waals surface area contributed by atoms with Crippen LogP contribution in [0.15, 0.2) is 48.5 Å². The molecule has 0 aliphatic rings. The molecule has 0 spiro atoms. The Hall–Kier alpha value is -3.55. The lowest BCUT2D eigenvalue weighted by Crippen LogP contribution is -2.14. The second-order valence-electron chi connectivity index (χ2n) is 6.54. The summed E-state index contributed by atoms with van der Waals surface area (Å²) < 4.78 is 39.3. The van der Waals surface area contributed by atoms with E-state index in [-0.39, 0.29) is 6.42 Å². The Bertz CT molecular complexity index is 1230. The fourth-order valence-corrected chi connectivity index (χ4v) is 3.27. The predicted molar refractivity (Wildman–Crippen MR) is 101 cm³/mol. The molecule has 4 aromatic rings. The minimum Gasteiger partial charge on any atom is -0.399 e. The van der Waals surface area contributed by atoms with Crippen molar-refractivity contribution in [2.45, 2.75) is 12.6 Å². The quantitative estimate of drug-likeness (QED) is 0.466. The first kappa shape index (κ1) is 17.8. The van der Waals surface area contributed by atoms with Crippen LogP contribution in [0.4, 0.5) is 18.9 Å². The molecule has 1 amide bonds. The van der Waals surface area contributed by atoms with Crippen LogP contribution in [0.1, 0.15) is 11.1 Å². The number of nitrogens with one attached hydrogen (secondary N) is 1. The van der Waals surface area contributed by atoms with Crippen molar-refractivity contribution in [1.29, 1.82) is 0 Å². The van der Waals surface area contributed by atoms with Crippen LogP contribution in [0.25, 0.3) is 33.2 Å². The average Bonchev–Trinajstić information content (AvgIpc) is 2.98. The van der Waals surface area contributed by atoms with Gasteiger partial charge < -0.3 is 16.5 Å². The van der Waals surface area contributed by atoms with Gasteiger partial charge in [0.1, 0.15) is 0 Å². The molecule has 0 aliphatic heterocycles. The number of hydrogen-bond donors (Lipinski definition) is 3. The number of aromatic amines is 1. The van der Waals surface area contributed by atoms with Gasteiger partial charge in [0.2, 0.25) is 5.91 Å². The summed E-state index contributed by atoms with van der Waals surface area (Å²) in [6.07, 6.45) is -4.54. The maximum Gasteiger partial charge on any atom is 0.416 e. The van der Waals surface area contributed by atoms with Crippen LogP contribution >= 0.6 is 0 Å². The fraction of sp³-hybridized carbons (Fsp3) is 0.100. The molecule has 0 bridgehead atoms. The summed E-state index contributed by atoms with van der Waals surface area (Å²) in [6, 6.07) is 11.7. The van der Waals surface area contributed by atoms with E-state index in [1.54, 1.807) is 30.3 Å². The summed E-state index contributed by atoms with van der Waals surface area (Å²) in [7, 11) is 0. The molecular weight excluding hydrogens is 369 g/mol. The van der Waals surface area contributed by atoms with Gasteiger partial charge in [-0.3, -0.25) is 4.79 Å². The number of amides is 1. The van der Waals surface area contributed by atoms with Crippen molar-refractivity contribution in [2.75, 3.05) is 5.73 Å². The number of benzene rings is 2. The van der Waals surface area contributed by atoms with Crippen LogP contribution in [0.3, 0.4) is 0 Å². The number of aromatic nitrogens is 2. The molecule has 2 aromatic carbocycles. The number of carbonyl (C=O) groups excluding carboxylic acids is 1. The molecule has 0 atom stereocenters. The molecule has 28 heavy (non-hydrogen) atoms. The van der Waals surface area contributed by atoms with E-state index in [1.807, 2.05) is 0 Å². The predicted octanol–water partition coefficient (Wildman–Crippen LogP) is 4.01. The van der Waals surface area contributed by atoms with Gasteiger partial charge in [-0.2, -0.15) is 13.2 Å². The van der Waals surface area contributed by atoms with Crippen molar-refractivity contribution in [2.24, 2.45) is 5.73 Å². The monoisotopic (exact) mass is 384 g/mol. The molecule has 0 aliphatic carbocycles. The van der Waals surface area contributed by atoms with Gasteiger partial charge in [-0.05, 0) is 42.0 Å². The Morgan fingerprint density at radius 1 is 1.11 bits per heavy atom. The first-order valence-corrected chi connectivity index (χ1v) is 8.39. The first-order chi connectivity index (χ1) is 13.2. The summed E-state index contributed by atoms with van der Waals surface area (Å²) in [5.74, 6) is -0.555. The average molecular weight is 384 g/mol. The second kappa shape index (κ2) is 6.26. The lowest BCUT2D eigenvalue weighted by atomic mass is 10.0. The van der Waals surface area contributed by atoms with Gasteiger partial charge >= 0.3 is 6.18 Å². The zero-order valence-corrected chi connectivity index (χ0v) is 14.5. The number of rotatable bonds is 3. The third-order valence-electron chi connectivity index (χ3n) is 4.51. The molecule has 8 heteroatoms. The van der Waals surface area contributed by atoms with Crippen molar-refractivity contribution in [3.63, 3.8) is 0 Å². The molecule has 0 radical (unpaired) electrons. The van der Waals surface area contributed by atoms with Crippen LogP contribution in [0.5, 0.6) is 0 Å². The second-order valence-corrected chi connectivity index (χ2v) is 6.54. The smallest absolute Gasteiger partial charge is 0.399 e. The third-order valence-corrected chi connectivity index (χ3v) is 4.51. The van der Waals surface area contributed by atoms with E-state index in [2.05, 4.69) is 9.97 Å². The zero-order valence-electron chi connectivity index (χ0n) is 14.5. The largest absolute Gasteiger partial charge is 0.416 e. The van der Waals surface area contributed by atoms with Gasteiger partial charge in [0.25, 0.3) is 0 Å². The van der Waals surface area contributed by atoms with E-state index < -0.39 is 17.6 Å². The van der Waals surface area contributed by atoms with E-state index in [9.17, 15) is 18.0 Å². The SMILES string of the molecule is NC(=O)Cc1cc(-c2cccc(C(F)(F)F)c2)nc2c1[nH]c1cc(N)ccc12. The number of hydrogen-bond acceptors (Lipinski definition) is 3. The maximum absolute atomic E-state index is 13.1. The minimum atomic E-state index is -4.46. The Kier molecular flexibility index (Phi) is 3.99. The van der Waals surface area contributed by atoms with E-state index in [0.717, 1.165) is 23.0 Å². The van der Waals surface area contributed by atoms with Crippen LogP contribution in [-0.4, -0.2) is 15.9 Å². The topological polar surface area (TPSA) is 97.8 Å². The van der Waals surface area contributed by atoms with Crippen molar-refractivity contribution in [3.8, 4) is 11.3 Å². The standard InChI is InChI=1S/C20H15F3N4O/c21-20(22,23)12-3-1-2-10(6-12)15-7-11(8-17(25)28)18-19(26-15)14-5-4-13(24)9-16(14)27-18/h1-7,9,27H,8,24H2,(H2,25,28). The number of nitrogens with zero attached hydrogens (tertiary/aromatic N) is 1. The Morgan fingerprint density at radius 3 is 2.61 bits per heavy atom. The first-order valence-electron chi connectivity index (χ1n) is 8.39. The van der Waals surface area contributed by atoms with Gasteiger partial charge in [-0.1, -0.05) is 12.1 Å². The number of nitrogens with two attached hydrogens (primary N) is 2. The minimum absolute atomic E-state index is 0.0761. The van der Waals surface area contributed by atoms with E-state index in [4.69, 9.17) is 11.5 Å². The van der Waals surface area contributed by atoms with Crippen molar-refractivity contribution >= 4 is 33.5 Å². The number of alkyl halides is 3. The van der Waals surface area contributed by atoms with Gasteiger partial charge in [-0.15, -0.1) is 0 Å². The van der Waals surface area contributed by atoms with Crippen molar-refractivity contribution in [3.05, 3.63) is 59.7 Å². The van der Waals surface area contributed by atoms with Crippen LogP contribution in [0, 0.1) is 0 Å². The molecule has 5 nitrogen and oxygen atoms in total. The summed E-state index contributed by atoms with van der Waals surface area (Å²) in [5, 5.41) is 0.753. The number of carbonyl (C=O) groups is 1. The summed E-state index contributed by atoms with van der Waals surface area (Å²) in [6.45, 7) is 0. The molecule has 2 heterocycles. The molecule has 4 rings (SSSR count). The lowest BCUT2D eigenvalue weighted by molar-refractivity contribution is -0.137. The van der Waals surface area contributed by atoms with E-state index >= 15 is 0 Å². The Labute approximate surface area is 157 Å². The highest BCUT2D eigenvalue weighted by Crippen LogP contribution is 2.34. The fourth-order valence-electron chi connectivity index (χ4n) is 3.27. The molecule has 5 N–H and O–H groups in total. The molecule has 0 fully saturated rings. The normalized spacial score (nSPS) is 12.0. The maximum atomic E-state index is 13.1. The molecule has 0 unspecified atom stereocenters. The van der Waals surface area contributed by atoms with Crippen LogP contribution < -0.4 is 11.5 Å². The number of primary amides is 1. The van der Waals surface area contributed by atoms with Crippen molar-refractivity contribution < 1.29 is 18.0 Å². The van der Waals surface area contributed by atoms with Crippen molar-refractivity contribution in [1.82, 2.24) is 9.97 Å². The van der Waals surface area contributed by atoms with Gasteiger partial charge in [0.15, 0.2) is 0 Å². The van der Waals surface area contributed by atoms with Gasteiger partial charge in [-0.25, -0.2) is 4.98 Å². The Balaban J connectivity index is 1.99. The van der Waals surface area contributed by atoms with E-state index in [0.29, 0.717) is 33.5 Å². The van der Waals surface area contributed by atoms with Crippen LogP contribution in [0.2, 0.25) is 0 Å². The summed E-state index contributed by atoms with van der Waals surface area (Å²) in [4.78, 5) is 19.3. The molecule has 0 saturated heterocycles. The number of H-pyrrole nitrogens is 1. The molecule has 2 aromatic heterocycles. The number of pyridine rings is 1. The number of fused-ring (bicyclic) bond motifs is 3. The highest BCUT2D eigenvalue weighted by molar-refractivity contribution is 6.08. The van der Waals surface area contributed by atoms with Gasteiger partial charge in [0, 0.05) is 16.6 Å². The van der Waals surface area contributed by atoms with Gasteiger partial charge in [0.05, 0.1) is 34.2 Å². The highest BCUT2D eigenvalue weighted by Gasteiger charge is 2.30. The number of anilines is 1. The summed E-state index contributed by atoms with van der Waals surface area (Å²) in [5.41, 5.74) is 14.0. The zero-order chi connectivity index (χ0) is 20.1.